The first kappa shape index (κ1) is 21.4. The van der Waals surface area contributed by atoms with Crippen molar-refractivity contribution in [2.45, 2.75) is 32.7 Å². The van der Waals surface area contributed by atoms with Crippen LogP contribution in [0.4, 0.5) is 5.69 Å². The zero-order valence-corrected chi connectivity index (χ0v) is 20.1. The highest BCUT2D eigenvalue weighted by molar-refractivity contribution is 6.11. The summed E-state index contributed by atoms with van der Waals surface area (Å²) >= 11 is 0. The Kier molecular flexibility index (Phi) is 4.55. The molecule has 176 valence electrons. The van der Waals surface area contributed by atoms with Crippen molar-refractivity contribution >= 4 is 39.3 Å². The lowest BCUT2D eigenvalue weighted by Gasteiger charge is -2.20. The third kappa shape index (κ3) is 2.94. The molecule has 7 nitrogen and oxygen atoms in total. The van der Waals surface area contributed by atoms with Crippen molar-refractivity contribution in [2.75, 3.05) is 11.9 Å². The number of imide groups is 1. The van der Waals surface area contributed by atoms with E-state index >= 15 is 0 Å². The first-order valence-electron chi connectivity index (χ1n) is 11.8. The molecule has 0 unspecified atom stereocenters. The van der Waals surface area contributed by atoms with E-state index in [0.717, 1.165) is 33.1 Å². The van der Waals surface area contributed by atoms with E-state index < -0.39 is 5.92 Å². The summed E-state index contributed by atoms with van der Waals surface area (Å²) in [6.45, 7) is 5.79. The van der Waals surface area contributed by atoms with E-state index in [1.54, 1.807) is 11.6 Å². The molecule has 4 heterocycles. The van der Waals surface area contributed by atoms with Crippen LogP contribution in [0.25, 0.3) is 21.8 Å². The molecule has 6 rings (SSSR count). The normalized spacial score (nSPS) is 17.3. The maximum absolute atomic E-state index is 13.8. The van der Waals surface area contributed by atoms with E-state index in [2.05, 4.69) is 36.0 Å². The zero-order chi connectivity index (χ0) is 24.6. The fourth-order valence-electron chi connectivity index (χ4n) is 5.64. The molecule has 1 N–H and O–H groups in total. The number of anilines is 1. The molecule has 2 amide bonds. The Morgan fingerprint density at radius 1 is 1.03 bits per heavy atom. The van der Waals surface area contributed by atoms with E-state index in [1.165, 1.54) is 11.8 Å². The van der Waals surface area contributed by atoms with Crippen LogP contribution in [0.3, 0.4) is 0 Å². The molecule has 35 heavy (non-hydrogen) atoms. The van der Waals surface area contributed by atoms with Crippen LogP contribution in [0, 0.1) is 0 Å². The number of hydrogen-bond donors (Lipinski definition) is 1. The van der Waals surface area contributed by atoms with Gasteiger partial charge in [-0.15, -0.1) is 0 Å². The molecule has 0 radical (unpaired) electrons. The number of nitrogens with zero attached hydrogens (tertiary/aromatic N) is 3. The quantitative estimate of drug-likeness (QED) is 0.479. The van der Waals surface area contributed by atoms with Gasteiger partial charge in [0, 0.05) is 54.5 Å². The largest absolute Gasteiger partial charge is 0.356 e. The highest BCUT2D eigenvalue weighted by Gasteiger charge is 2.42. The predicted molar refractivity (Wildman–Crippen MR) is 136 cm³/mol. The summed E-state index contributed by atoms with van der Waals surface area (Å²) in [5.41, 5.74) is 5.15. The number of hydrogen-bond acceptors (Lipinski definition) is 4. The van der Waals surface area contributed by atoms with Gasteiger partial charge in [0.15, 0.2) is 0 Å². The molecule has 0 spiro atoms. The number of para-hydroxylation sites is 1. The minimum atomic E-state index is -0.608. The van der Waals surface area contributed by atoms with Crippen molar-refractivity contribution in [1.82, 2.24) is 14.0 Å². The third-order valence-electron chi connectivity index (χ3n) is 7.30. The smallest absolute Gasteiger partial charge is 0.259 e. The number of carbonyl (C=O) groups is 2. The summed E-state index contributed by atoms with van der Waals surface area (Å²) in [4.78, 5) is 41.1. The van der Waals surface area contributed by atoms with Crippen molar-refractivity contribution in [3.63, 3.8) is 0 Å². The van der Waals surface area contributed by atoms with E-state index in [9.17, 15) is 14.4 Å². The van der Waals surface area contributed by atoms with Gasteiger partial charge in [-0.1, -0.05) is 24.3 Å². The first-order valence-corrected chi connectivity index (χ1v) is 11.8. The Morgan fingerprint density at radius 3 is 2.51 bits per heavy atom. The lowest BCUT2D eigenvalue weighted by atomic mass is 9.84. The molecule has 2 aliphatic rings. The number of carbonyl (C=O) groups excluding carboxylic acids is 2. The summed E-state index contributed by atoms with van der Waals surface area (Å²) in [6.07, 6.45) is 2.07. The maximum Gasteiger partial charge on any atom is 0.259 e. The number of fused-ring (bicyclic) bond motifs is 1. The van der Waals surface area contributed by atoms with Crippen molar-refractivity contribution in [2.24, 2.45) is 7.05 Å². The molecule has 2 aromatic heterocycles. The summed E-state index contributed by atoms with van der Waals surface area (Å²) < 4.78 is 3.83. The molecule has 0 saturated carbocycles. The third-order valence-corrected chi connectivity index (χ3v) is 7.30. The summed E-state index contributed by atoms with van der Waals surface area (Å²) in [5, 5.41) is 5.39. The minimum absolute atomic E-state index is 0.153. The Labute approximate surface area is 202 Å². The van der Waals surface area contributed by atoms with Gasteiger partial charge in [0.2, 0.25) is 5.91 Å². The molecule has 2 aliphatic heterocycles. The van der Waals surface area contributed by atoms with Crippen molar-refractivity contribution < 1.29 is 9.59 Å². The highest BCUT2D eigenvalue weighted by atomic mass is 16.2. The van der Waals surface area contributed by atoms with Gasteiger partial charge in [-0.2, -0.15) is 0 Å². The fourth-order valence-corrected chi connectivity index (χ4v) is 5.64. The van der Waals surface area contributed by atoms with Crippen molar-refractivity contribution in [3.05, 3.63) is 87.5 Å². The minimum Gasteiger partial charge on any atom is -0.356 e. The predicted octanol–water partition coefficient (Wildman–Crippen LogP) is 4.27. The van der Waals surface area contributed by atoms with Gasteiger partial charge >= 0.3 is 0 Å². The number of pyridine rings is 1. The highest BCUT2D eigenvalue weighted by Crippen LogP contribution is 2.46. The molecule has 7 heteroatoms. The Balaban J connectivity index is 1.73. The van der Waals surface area contributed by atoms with Crippen molar-refractivity contribution in [3.8, 4) is 0 Å². The van der Waals surface area contributed by atoms with Gasteiger partial charge in [-0.05, 0) is 49.1 Å². The Hall–Kier alpha value is -4.13. The average molecular weight is 467 g/mol. The number of nitrogens with one attached hydrogen (secondary N) is 1. The second-order valence-corrected chi connectivity index (χ2v) is 9.67. The molecule has 4 aromatic rings. The van der Waals surface area contributed by atoms with Gasteiger partial charge in [-0.3, -0.25) is 19.3 Å². The van der Waals surface area contributed by atoms with Gasteiger partial charge in [0.1, 0.15) is 0 Å². The van der Waals surface area contributed by atoms with Gasteiger partial charge in [-0.25, -0.2) is 0 Å². The van der Waals surface area contributed by atoms with Gasteiger partial charge in [0.25, 0.3) is 11.5 Å². The van der Waals surface area contributed by atoms with Crippen molar-refractivity contribution in [1.29, 1.82) is 0 Å². The molecule has 2 aromatic carbocycles. The van der Waals surface area contributed by atoms with E-state index in [4.69, 9.17) is 0 Å². The molecule has 0 fully saturated rings. The fraction of sp³-hybridized carbons (Fsp3) is 0.250. The molecule has 0 saturated heterocycles. The van der Waals surface area contributed by atoms with Gasteiger partial charge in [0.05, 0.1) is 23.2 Å². The summed E-state index contributed by atoms with van der Waals surface area (Å²) in [5.74, 6) is -1.27. The van der Waals surface area contributed by atoms with Crippen LogP contribution < -0.4 is 10.9 Å². The van der Waals surface area contributed by atoms with E-state index in [1.807, 2.05) is 42.5 Å². The average Bonchev–Trinajstić information content (AvgIpc) is 3.33. The van der Waals surface area contributed by atoms with Crippen LogP contribution in [0.1, 0.15) is 43.9 Å². The number of aryl methyl sites for hydroxylation is 1. The summed E-state index contributed by atoms with van der Waals surface area (Å²) in [6, 6.07) is 15.9. The lowest BCUT2D eigenvalue weighted by molar-refractivity contribution is -0.139. The standard InChI is InChI=1S/C28H26N4O3/c1-15(2)31-13-19-24(18-12-17-8-5-6-10-22(17)30(4)27(18)34)26-21(14-32(16(3)33)28(26)35)29-20-9-7-11-23(31)25(19)20/h5-13,15,24,29H,14H2,1-4H3/t24-/m1/s1. The second kappa shape index (κ2) is 7.43. The van der Waals surface area contributed by atoms with Crippen LogP contribution in [-0.4, -0.2) is 32.4 Å². The zero-order valence-electron chi connectivity index (χ0n) is 20.1. The van der Waals surface area contributed by atoms with Crippen LogP contribution in [0.2, 0.25) is 0 Å². The molecule has 0 aliphatic carbocycles. The molecular formula is C28H26N4O3. The van der Waals surface area contributed by atoms with Crippen LogP contribution in [-0.2, 0) is 16.6 Å². The number of rotatable bonds is 2. The van der Waals surface area contributed by atoms with Crippen LogP contribution in [0.15, 0.2) is 70.8 Å². The lowest BCUT2D eigenvalue weighted by Crippen LogP contribution is -2.34. The van der Waals surface area contributed by atoms with E-state index in [-0.39, 0.29) is 30.0 Å². The van der Waals surface area contributed by atoms with E-state index in [0.29, 0.717) is 16.8 Å². The Bertz CT molecular complexity index is 1670. The number of amides is 2. The Morgan fingerprint density at radius 2 is 1.77 bits per heavy atom. The maximum atomic E-state index is 13.8. The molecular weight excluding hydrogens is 440 g/mol. The van der Waals surface area contributed by atoms with Gasteiger partial charge < -0.3 is 14.5 Å². The van der Waals surface area contributed by atoms with Crippen LogP contribution >= 0.6 is 0 Å². The SMILES string of the molecule is CC(=O)N1CC2=C(C1=O)[C@H](c1cc3ccccc3n(C)c1=O)c1cn(C(C)C)c3cccc(c13)N2. The second-order valence-electron chi connectivity index (χ2n) is 9.67. The topological polar surface area (TPSA) is 76.3 Å². The molecule has 1 atom stereocenters. The summed E-state index contributed by atoms with van der Waals surface area (Å²) in [7, 11) is 1.76. The number of aromatic nitrogens is 2. The van der Waals surface area contributed by atoms with Crippen LogP contribution in [0.5, 0.6) is 0 Å². The monoisotopic (exact) mass is 466 g/mol. The molecule has 0 bridgehead atoms. The number of benzene rings is 2. The first-order chi connectivity index (χ1) is 16.8.